The van der Waals surface area contributed by atoms with Crippen LogP contribution in [0.2, 0.25) is 0 Å². The Hall–Kier alpha value is -2.71. The molecule has 0 amide bonds. The summed E-state index contributed by atoms with van der Waals surface area (Å²) in [6, 6.07) is 11.4. The van der Waals surface area contributed by atoms with Crippen molar-refractivity contribution in [3.63, 3.8) is 0 Å². The lowest BCUT2D eigenvalue weighted by molar-refractivity contribution is -0.147. The quantitative estimate of drug-likeness (QED) is 0.565. The number of nitrogens with zero attached hydrogens (tertiary/aromatic N) is 1. The molecule has 2 aromatic rings. The maximum absolute atomic E-state index is 13.5. The van der Waals surface area contributed by atoms with Crippen LogP contribution in [0.4, 0.5) is 0 Å². The number of esters is 1. The third-order valence-electron chi connectivity index (χ3n) is 5.76. The number of fused-ring (bicyclic) bond motifs is 6. The van der Waals surface area contributed by atoms with Crippen molar-refractivity contribution in [1.82, 2.24) is 4.31 Å². The molecule has 0 aliphatic carbocycles. The van der Waals surface area contributed by atoms with E-state index in [-0.39, 0.29) is 29.2 Å². The van der Waals surface area contributed by atoms with Crippen LogP contribution in [0.1, 0.15) is 28.4 Å². The second-order valence-corrected chi connectivity index (χ2v) is 8.93. The minimum atomic E-state index is -4.06. The number of sulfonamides is 1. The second-order valence-electron chi connectivity index (χ2n) is 7.17. The van der Waals surface area contributed by atoms with Gasteiger partial charge in [-0.2, -0.15) is 4.31 Å². The molecule has 3 aliphatic rings. The summed E-state index contributed by atoms with van der Waals surface area (Å²) in [5.41, 5.74) is -2.06. The van der Waals surface area contributed by atoms with Gasteiger partial charge in [-0.3, -0.25) is 4.79 Å². The highest BCUT2D eigenvalue weighted by Crippen LogP contribution is 2.70. The van der Waals surface area contributed by atoms with Crippen LogP contribution in [0.5, 0.6) is 5.75 Å². The lowest BCUT2D eigenvalue weighted by Gasteiger charge is -2.28. The van der Waals surface area contributed by atoms with Gasteiger partial charge in [0.05, 0.1) is 17.1 Å². The Kier molecular flexibility index (Phi) is 3.24. The summed E-state index contributed by atoms with van der Waals surface area (Å²) in [5.74, 6) is -0.817. The van der Waals surface area contributed by atoms with Crippen molar-refractivity contribution in [3.8, 4) is 5.75 Å². The van der Waals surface area contributed by atoms with Crippen LogP contribution >= 0.6 is 0 Å². The number of Topliss-reactive ketones (excluding diaryl/α,β-unsaturated/α-hetero) is 1. The Labute approximate surface area is 161 Å². The molecule has 3 aliphatic heterocycles. The van der Waals surface area contributed by atoms with E-state index >= 15 is 0 Å². The molecule has 1 unspecified atom stereocenters. The van der Waals surface area contributed by atoms with Crippen molar-refractivity contribution < 1.29 is 27.5 Å². The summed E-state index contributed by atoms with van der Waals surface area (Å²) in [7, 11) is -4.06. The smallest absolute Gasteiger partial charge is 0.334 e. The van der Waals surface area contributed by atoms with Gasteiger partial charge in [-0.1, -0.05) is 29.8 Å². The monoisotopic (exact) mass is 399 g/mol. The van der Waals surface area contributed by atoms with Crippen LogP contribution in [0.3, 0.4) is 0 Å². The molecule has 0 radical (unpaired) electrons. The molecule has 3 heterocycles. The first-order valence-corrected chi connectivity index (χ1v) is 10.4. The maximum atomic E-state index is 13.5. The van der Waals surface area contributed by atoms with Crippen molar-refractivity contribution in [2.24, 2.45) is 0 Å². The van der Waals surface area contributed by atoms with E-state index in [0.717, 1.165) is 9.87 Å². The zero-order valence-corrected chi connectivity index (χ0v) is 16.1. The molecule has 0 aromatic heterocycles. The number of hydrogen-bond donors (Lipinski definition) is 0. The Balaban J connectivity index is 1.81. The molecule has 2 aromatic carbocycles. The molecule has 0 N–H and O–H groups in total. The fraction of sp³-hybridized carbons (Fsp3) is 0.300. The first kappa shape index (κ1) is 17.4. The Morgan fingerprint density at radius 2 is 2.00 bits per heavy atom. The van der Waals surface area contributed by atoms with Gasteiger partial charge in [-0.15, -0.1) is 0 Å². The Bertz CT molecular complexity index is 1170. The number of ether oxygens (including phenoxy) is 2. The highest BCUT2D eigenvalue weighted by Gasteiger charge is 2.93. The fourth-order valence-electron chi connectivity index (χ4n) is 4.61. The van der Waals surface area contributed by atoms with Crippen LogP contribution in [0.15, 0.2) is 47.4 Å². The average Bonchev–Trinajstić information content (AvgIpc) is 3.24. The minimum Gasteiger partial charge on any atom is -0.490 e. The van der Waals surface area contributed by atoms with E-state index in [9.17, 15) is 18.0 Å². The van der Waals surface area contributed by atoms with Gasteiger partial charge in [0.15, 0.2) is 16.9 Å². The Morgan fingerprint density at radius 3 is 2.75 bits per heavy atom. The summed E-state index contributed by atoms with van der Waals surface area (Å²) in [6.45, 7) is 3.27. The third kappa shape index (κ3) is 1.67. The topological polar surface area (TPSA) is 89.8 Å². The van der Waals surface area contributed by atoms with Crippen molar-refractivity contribution in [1.29, 1.82) is 0 Å². The van der Waals surface area contributed by atoms with Gasteiger partial charge >= 0.3 is 5.97 Å². The summed E-state index contributed by atoms with van der Waals surface area (Å²) in [5, 5.41) is 0. The molecule has 8 heteroatoms. The van der Waals surface area contributed by atoms with Crippen LogP contribution < -0.4 is 4.74 Å². The van der Waals surface area contributed by atoms with E-state index in [4.69, 9.17) is 9.47 Å². The summed E-state index contributed by atoms with van der Waals surface area (Å²) >= 11 is 0. The van der Waals surface area contributed by atoms with Crippen LogP contribution in [-0.2, 0) is 25.1 Å². The van der Waals surface area contributed by atoms with E-state index in [1.165, 1.54) is 6.07 Å². The number of ketones is 1. The lowest BCUT2D eigenvalue weighted by Crippen LogP contribution is -2.47. The molecule has 1 fully saturated rings. The summed E-state index contributed by atoms with van der Waals surface area (Å²) in [6.07, 6.45) is 0. The van der Waals surface area contributed by atoms with Crippen molar-refractivity contribution in [2.45, 2.75) is 29.8 Å². The van der Waals surface area contributed by atoms with Gasteiger partial charge in [-0.05, 0) is 32.0 Å². The van der Waals surface area contributed by atoms with Gasteiger partial charge in [0.25, 0.3) is 0 Å². The second kappa shape index (κ2) is 5.21. The number of carbonyl (C=O) groups is 2. The number of carbonyl (C=O) groups excluding carboxylic acids is 2. The average molecular weight is 399 g/mol. The minimum absolute atomic E-state index is 0.0310. The number of rotatable bonds is 2. The van der Waals surface area contributed by atoms with E-state index in [1.807, 2.05) is 0 Å². The first-order valence-electron chi connectivity index (χ1n) is 8.94. The number of benzene rings is 2. The standard InChI is InChI=1S/C20H17NO6S/c1-3-26-18(23)20-14-10-12(2)8-9-16(14)28(24,25)21(20)19(20)11-27-15-7-5-4-6-13(15)17(19)22/h4-10H,3,11H2,1-2H3/t19-,20-,21?/m1/s1. The molecule has 0 saturated carbocycles. The van der Waals surface area contributed by atoms with Gasteiger partial charge in [0.2, 0.25) is 10.0 Å². The van der Waals surface area contributed by atoms with Crippen LogP contribution in [0.25, 0.3) is 0 Å². The zero-order valence-electron chi connectivity index (χ0n) is 15.3. The number of hydrogen-bond acceptors (Lipinski definition) is 6. The van der Waals surface area contributed by atoms with E-state index in [0.29, 0.717) is 5.75 Å². The fourth-order valence-corrected chi connectivity index (χ4v) is 6.86. The molecular formula is C20H17NO6S. The van der Waals surface area contributed by atoms with E-state index < -0.39 is 32.9 Å². The SMILES string of the molecule is CCOC(=O)[C@@]12c3cc(C)ccc3S(=O)(=O)N1[C@@]21COc2ccccc2C1=O. The highest BCUT2D eigenvalue weighted by molar-refractivity contribution is 7.90. The molecule has 7 nitrogen and oxygen atoms in total. The van der Waals surface area contributed by atoms with Gasteiger partial charge in [0.1, 0.15) is 12.4 Å². The summed E-state index contributed by atoms with van der Waals surface area (Å²) in [4.78, 5) is 26.7. The molecule has 28 heavy (non-hydrogen) atoms. The number of para-hydroxylation sites is 1. The molecule has 0 bridgehead atoms. The van der Waals surface area contributed by atoms with Crippen molar-refractivity contribution in [2.75, 3.05) is 13.2 Å². The molecular weight excluding hydrogens is 382 g/mol. The zero-order chi connectivity index (χ0) is 19.9. The predicted molar refractivity (Wildman–Crippen MR) is 97.5 cm³/mol. The van der Waals surface area contributed by atoms with Gasteiger partial charge in [0, 0.05) is 5.56 Å². The molecule has 1 spiro atoms. The molecule has 1 saturated heterocycles. The molecule has 5 rings (SSSR count). The third-order valence-corrected chi connectivity index (χ3v) is 7.74. The van der Waals surface area contributed by atoms with E-state index in [1.54, 1.807) is 50.2 Å². The highest BCUT2D eigenvalue weighted by atomic mass is 32.2. The maximum Gasteiger partial charge on any atom is 0.334 e. The van der Waals surface area contributed by atoms with Gasteiger partial charge < -0.3 is 9.47 Å². The van der Waals surface area contributed by atoms with E-state index in [2.05, 4.69) is 0 Å². The summed E-state index contributed by atoms with van der Waals surface area (Å²) < 4.78 is 38.6. The van der Waals surface area contributed by atoms with Crippen molar-refractivity contribution in [3.05, 3.63) is 59.2 Å². The van der Waals surface area contributed by atoms with Crippen molar-refractivity contribution >= 4 is 21.8 Å². The van der Waals surface area contributed by atoms with Crippen LogP contribution in [-0.4, -0.2) is 43.2 Å². The molecule has 3 atom stereocenters. The lowest BCUT2D eigenvalue weighted by atomic mass is 9.80. The predicted octanol–water partition coefficient (Wildman–Crippen LogP) is 1.79. The largest absolute Gasteiger partial charge is 0.490 e. The Morgan fingerprint density at radius 1 is 1.25 bits per heavy atom. The normalized spacial score (nSPS) is 30.8. The van der Waals surface area contributed by atoms with Gasteiger partial charge in [-0.25, -0.2) is 13.2 Å². The number of aryl methyl sites for hydroxylation is 1. The van der Waals surface area contributed by atoms with Crippen LogP contribution in [0, 0.1) is 6.92 Å². The first-order chi connectivity index (χ1) is 13.3. The molecule has 144 valence electrons.